The van der Waals surface area contributed by atoms with Crippen LogP contribution in [0.15, 0.2) is 35.2 Å². The highest BCUT2D eigenvalue weighted by molar-refractivity contribution is 7.98. The Morgan fingerprint density at radius 2 is 1.95 bits per heavy atom. The molecule has 5 nitrogen and oxygen atoms in total. The summed E-state index contributed by atoms with van der Waals surface area (Å²) in [6.45, 7) is 1.69. The van der Waals surface area contributed by atoms with Gasteiger partial charge in [0.1, 0.15) is 5.75 Å². The van der Waals surface area contributed by atoms with Crippen molar-refractivity contribution >= 4 is 17.7 Å². The highest BCUT2D eigenvalue weighted by Crippen LogP contribution is 2.22. The van der Waals surface area contributed by atoms with E-state index in [2.05, 4.69) is 9.97 Å². The molecule has 1 N–H and O–H groups in total. The Labute approximate surface area is 114 Å². The van der Waals surface area contributed by atoms with E-state index in [9.17, 15) is 4.79 Å². The predicted octanol–water partition coefficient (Wildman–Crippen LogP) is 3.00. The summed E-state index contributed by atoms with van der Waals surface area (Å²) in [5, 5.41) is 8.92. The molecule has 1 aromatic heterocycles. The minimum atomic E-state index is -1.10. The van der Waals surface area contributed by atoms with Crippen molar-refractivity contribution in [2.75, 3.05) is 6.26 Å². The van der Waals surface area contributed by atoms with Crippen molar-refractivity contribution in [3.8, 4) is 11.8 Å². The zero-order valence-corrected chi connectivity index (χ0v) is 11.3. The van der Waals surface area contributed by atoms with Crippen LogP contribution in [0, 0.1) is 6.92 Å². The summed E-state index contributed by atoms with van der Waals surface area (Å²) >= 11 is 1.63. The molecule has 0 saturated heterocycles. The summed E-state index contributed by atoms with van der Waals surface area (Å²) in [5.74, 6) is -0.534. The molecule has 0 unspecified atom stereocenters. The summed E-state index contributed by atoms with van der Waals surface area (Å²) in [7, 11) is 0. The average molecular weight is 276 g/mol. The van der Waals surface area contributed by atoms with Crippen LogP contribution in [0.5, 0.6) is 11.8 Å². The molecular weight excluding hydrogens is 264 g/mol. The number of aromatic nitrogens is 2. The molecule has 0 aliphatic heterocycles. The van der Waals surface area contributed by atoms with Crippen molar-refractivity contribution in [2.45, 2.75) is 11.8 Å². The van der Waals surface area contributed by atoms with E-state index in [4.69, 9.17) is 9.84 Å². The second-order valence-electron chi connectivity index (χ2n) is 3.76. The van der Waals surface area contributed by atoms with Crippen LogP contribution in [0.3, 0.4) is 0 Å². The Bertz CT molecular complexity index is 599. The lowest BCUT2D eigenvalue weighted by Gasteiger charge is -2.06. The van der Waals surface area contributed by atoms with E-state index < -0.39 is 5.97 Å². The van der Waals surface area contributed by atoms with Gasteiger partial charge in [-0.2, -0.15) is 4.98 Å². The van der Waals surface area contributed by atoms with Crippen LogP contribution >= 0.6 is 11.8 Å². The molecule has 0 fully saturated rings. The quantitative estimate of drug-likeness (QED) is 0.865. The number of aryl methyl sites for hydroxylation is 1. The van der Waals surface area contributed by atoms with Gasteiger partial charge in [0.15, 0.2) is 5.69 Å². The topological polar surface area (TPSA) is 72.3 Å². The molecule has 6 heteroatoms. The molecule has 0 amide bonds. The van der Waals surface area contributed by atoms with Crippen molar-refractivity contribution in [1.29, 1.82) is 0 Å². The Balaban J connectivity index is 2.24. The number of carboxylic acids is 1. The lowest BCUT2D eigenvalue weighted by Crippen LogP contribution is -2.04. The van der Waals surface area contributed by atoms with Crippen molar-refractivity contribution in [3.63, 3.8) is 0 Å². The van der Waals surface area contributed by atoms with Gasteiger partial charge in [-0.25, -0.2) is 9.78 Å². The van der Waals surface area contributed by atoms with Gasteiger partial charge in [0.2, 0.25) is 0 Å². The number of hydrogen-bond donors (Lipinski definition) is 1. The molecule has 98 valence electrons. The van der Waals surface area contributed by atoms with Gasteiger partial charge in [0, 0.05) is 10.6 Å². The van der Waals surface area contributed by atoms with Crippen molar-refractivity contribution in [1.82, 2.24) is 9.97 Å². The zero-order chi connectivity index (χ0) is 13.8. The molecule has 19 heavy (non-hydrogen) atoms. The summed E-state index contributed by atoms with van der Waals surface area (Å²) < 4.78 is 5.45. The fourth-order valence-electron chi connectivity index (χ4n) is 1.45. The summed E-state index contributed by atoms with van der Waals surface area (Å²) in [5.41, 5.74) is 0.464. The van der Waals surface area contributed by atoms with Crippen LogP contribution in [0.4, 0.5) is 0 Å². The van der Waals surface area contributed by atoms with Crippen molar-refractivity contribution < 1.29 is 14.6 Å². The standard InChI is InChI=1S/C13H12N2O3S/c1-8-7-11(12(16)17)15-13(14-8)18-9-3-5-10(19-2)6-4-9/h3-7H,1-2H3,(H,16,17). The van der Waals surface area contributed by atoms with Crippen LogP contribution in [0.25, 0.3) is 0 Å². The van der Waals surface area contributed by atoms with Gasteiger partial charge in [-0.1, -0.05) is 0 Å². The first kappa shape index (κ1) is 13.4. The number of carbonyl (C=O) groups is 1. The predicted molar refractivity (Wildman–Crippen MR) is 72.0 cm³/mol. The van der Waals surface area contributed by atoms with Crippen molar-refractivity contribution in [2.24, 2.45) is 0 Å². The average Bonchev–Trinajstić information content (AvgIpc) is 2.39. The third-order valence-corrected chi connectivity index (χ3v) is 3.06. The number of benzene rings is 1. The van der Waals surface area contributed by atoms with Crippen molar-refractivity contribution in [3.05, 3.63) is 41.7 Å². The number of carboxylic acid groups (broad SMARTS) is 1. The minimum Gasteiger partial charge on any atom is -0.477 e. The van der Waals surface area contributed by atoms with E-state index >= 15 is 0 Å². The van der Waals surface area contributed by atoms with Crippen LogP contribution in [-0.4, -0.2) is 27.3 Å². The number of rotatable bonds is 4. The Morgan fingerprint density at radius 3 is 2.53 bits per heavy atom. The van der Waals surface area contributed by atoms with Gasteiger partial charge in [-0.15, -0.1) is 11.8 Å². The fraction of sp³-hybridized carbons (Fsp3) is 0.154. The normalized spacial score (nSPS) is 10.2. The molecule has 2 aromatic rings. The summed E-state index contributed by atoms with van der Waals surface area (Å²) in [6, 6.07) is 8.83. The summed E-state index contributed by atoms with van der Waals surface area (Å²) in [6.07, 6.45) is 1.98. The van der Waals surface area contributed by atoms with E-state index in [0.717, 1.165) is 4.90 Å². The SMILES string of the molecule is CSc1ccc(Oc2nc(C)cc(C(=O)O)n2)cc1. The molecule has 0 saturated carbocycles. The lowest BCUT2D eigenvalue weighted by atomic mass is 10.3. The second-order valence-corrected chi connectivity index (χ2v) is 4.64. The van der Waals surface area contributed by atoms with Crippen LogP contribution in [-0.2, 0) is 0 Å². The molecular formula is C13H12N2O3S. The minimum absolute atomic E-state index is 0.0364. The van der Waals surface area contributed by atoms with Gasteiger partial charge in [-0.05, 0) is 43.5 Å². The molecule has 0 spiro atoms. The highest BCUT2D eigenvalue weighted by Gasteiger charge is 2.10. The van der Waals surface area contributed by atoms with E-state index in [1.54, 1.807) is 30.8 Å². The molecule has 1 aromatic carbocycles. The number of hydrogen-bond acceptors (Lipinski definition) is 5. The number of ether oxygens (including phenoxy) is 1. The molecule has 2 rings (SSSR count). The van der Waals surface area contributed by atoms with Gasteiger partial charge < -0.3 is 9.84 Å². The Kier molecular flexibility index (Phi) is 4.01. The van der Waals surface area contributed by atoms with Gasteiger partial charge >= 0.3 is 12.0 Å². The zero-order valence-electron chi connectivity index (χ0n) is 10.5. The second kappa shape index (κ2) is 5.71. The third-order valence-electron chi connectivity index (χ3n) is 2.32. The maximum absolute atomic E-state index is 10.9. The first-order chi connectivity index (χ1) is 9.08. The Morgan fingerprint density at radius 1 is 1.26 bits per heavy atom. The number of aromatic carboxylic acids is 1. The fourth-order valence-corrected chi connectivity index (χ4v) is 1.85. The highest BCUT2D eigenvalue weighted by atomic mass is 32.2. The van der Waals surface area contributed by atoms with E-state index in [1.165, 1.54) is 6.07 Å². The van der Waals surface area contributed by atoms with E-state index in [-0.39, 0.29) is 11.7 Å². The smallest absolute Gasteiger partial charge is 0.354 e. The van der Waals surface area contributed by atoms with Gasteiger partial charge in [-0.3, -0.25) is 0 Å². The number of nitrogens with zero attached hydrogens (tertiary/aromatic N) is 2. The Hall–Kier alpha value is -2.08. The van der Waals surface area contributed by atoms with Gasteiger partial charge in [0.05, 0.1) is 0 Å². The maximum Gasteiger partial charge on any atom is 0.354 e. The molecule has 0 atom stereocenters. The molecule has 0 bridgehead atoms. The summed E-state index contributed by atoms with van der Waals surface area (Å²) in [4.78, 5) is 19.9. The first-order valence-electron chi connectivity index (χ1n) is 5.49. The monoisotopic (exact) mass is 276 g/mol. The van der Waals surface area contributed by atoms with Crippen LogP contribution in [0.1, 0.15) is 16.2 Å². The lowest BCUT2D eigenvalue weighted by molar-refractivity contribution is 0.0689. The largest absolute Gasteiger partial charge is 0.477 e. The molecule has 1 heterocycles. The van der Waals surface area contributed by atoms with Gasteiger partial charge in [0.25, 0.3) is 0 Å². The third kappa shape index (κ3) is 3.45. The van der Waals surface area contributed by atoms with E-state index in [0.29, 0.717) is 11.4 Å². The number of thioether (sulfide) groups is 1. The maximum atomic E-state index is 10.9. The van der Waals surface area contributed by atoms with Crippen LogP contribution in [0.2, 0.25) is 0 Å². The first-order valence-corrected chi connectivity index (χ1v) is 6.72. The van der Waals surface area contributed by atoms with E-state index in [1.807, 2.05) is 18.4 Å². The molecule has 0 aliphatic carbocycles. The van der Waals surface area contributed by atoms with Crippen LogP contribution < -0.4 is 4.74 Å². The molecule has 0 radical (unpaired) electrons. The molecule has 0 aliphatic rings.